The SMILES string of the molecule is NC(=O)c1ccc(N2CCN(C(=O)CCS)CC2)nc1. The number of primary amides is 1. The van der Waals surface area contributed by atoms with Gasteiger partial charge in [-0.1, -0.05) is 0 Å². The zero-order chi connectivity index (χ0) is 14.5. The topological polar surface area (TPSA) is 79.5 Å². The Bertz CT molecular complexity index is 484. The first-order valence-corrected chi connectivity index (χ1v) is 7.14. The Kier molecular flexibility index (Phi) is 4.84. The van der Waals surface area contributed by atoms with Crippen molar-refractivity contribution in [2.45, 2.75) is 6.42 Å². The minimum absolute atomic E-state index is 0.150. The monoisotopic (exact) mass is 294 g/mol. The van der Waals surface area contributed by atoms with Crippen molar-refractivity contribution in [1.29, 1.82) is 0 Å². The number of pyridine rings is 1. The molecule has 1 aliphatic rings. The number of thiol groups is 1. The largest absolute Gasteiger partial charge is 0.366 e. The van der Waals surface area contributed by atoms with E-state index < -0.39 is 5.91 Å². The number of piperazine rings is 1. The number of nitrogens with zero attached hydrogens (tertiary/aromatic N) is 3. The quantitative estimate of drug-likeness (QED) is 0.775. The molecule has 1 aromatic heterocycles. The van der Waals surface area contributed by atoms with Crippen molar-refractivity contribution < 1.29 is 9.59 Å². The predicted octanol–water partition coefficient (Wildman–Crippen LogP) is 0.149. The number of carbonyl (C=O) groups is 2. The lowest BCUT2D eigenvalue weighted by Gasteiger charge is -2.35. The molecule has 1 aromatic rings. The molecule has 0 aliphatic carbocycles. The van der Waals surface area contributed by atoms with E-state index in [0.29, 0.717) is 30.8 Å². The average Bonchev–Trinajstić information content (AvgIpc) is 2.48. The van der Waals surface area contributed by atoms with Crippen LogP contribution in [0.5, 0.6) is 0 Å². The van der Waals surface area contributed by atoms with E-state index in [1.165, 1.54) is 6.20 Å². The Labute approximate surface area is 123 Å². The minimum atomic E-state index is -0.480. The number of rotatable bonds is 4. The molecule has 1 fully saturated rings. The minimum Gasteiger partial charge on any atom is -0.366 e. The van der Waals surface area contributed by atoms with E-state index in [9.17, 15) is 9.59 Å². The molecule has 2 heterocycles. The van der Waals surface area contributed by atoms with Gasteiger partial charge in [-0.15, -0.1) is 0 Å². The second kappa shape index (κ2) is 6.60. The maximum atomic E-state index is 11.8. The van der Waals surface area contributed by atoms with Crippen molar-refractivity contribution in [1.82, 2.24) is 9.88 Å². The highest BCUT2D eigenvalue weighted by molar-refractivity contribution is 7.80. The number of anilines is 1. The molecular weight excluding hydrogens is 276 g/mol. The lowest BCUT2D eigenvalue weighted by atomic mass is 10.2. The van der Waals surface area contributed by atoms with Crippen LogP contribution in [0, 0.1) is 0 Å². The number of amides is 2. The van der Waals surface area contributed by atoms with Gasteiger partial charge in [-0.05, 0) is 17.9 Å². The van der Waals surface area contributed by atoms with E-state index in [-0.39, 0.29) is 5.91 Å². The van der Waals surface area contributed by atoms with E-state index in [0.717, 1.165) is 18.9 Å². The van der Waals surface area contributed by atoms with Crippen molar-refractivity contribution in [3.8, 4) is 0 Å². The van der Waals surface area contributed by atoms with Crippen LogP contribution >= 0.6 is 12.6 Å². The number of hydrogen-bond acceptors (Lipinski definition) is 5. The molecule has 1 aliphatic heterocycles. The summed E-state index contributed by atoms with van der Waals surface area (Å²) in [6, 6.07) is 3.45. The Hall–Kier alpha value is -1.76. The molecular formula is C13H18N4O2S. The van der Waals surface area contributed by atoms with Gasteiger partial charge < -0.3 is 15.5 Å². The Balaban J connectivity index is 1.93. The fourth-order valence-corrected chi connectivity index (χ4v) is 2.35. The highest BCUT2D eigenvalue weighted by Crippen LogP contribution is 2.14. The van der Waals surface area contributed by atoms with Gasteiger partial charge in [0.1, 0.15) is 5.82 Å². The first-order chi connectivity index (χ1) is 9.61. The molecule has 0 atom stereocenters. The zero-order valence-corrected chi connectivity index (χ0v) is 12.1. The van der Waals surface area contributed by atoms with E-state index in [2.05, 4.69) is 22.5 Å². The zero-order valence-electron chi connectivity index (χ0n) is 11.2. The summed E-state index contributed by atoms with van der Waals surface area (Å²) >= 11 is 4.07. The number of hydrogen-bond donors (Lipinski definition) is 2. The molecule has 7 heteroatoms. The summed E-state index contributed by atoms with van der Waals surface area (Å²) in [5.74, 6) is 1.05. The molecule has 2 N–H and O–H groups in total. The summed E-state index contributed by atoms with van der Waals surface area (Å²) in [5.41, 5.74) is 5.58. The molecule has 0 spiro atoms. The second-order valence-electron chi connectivity index (χ2n) is 4.61. The van der Waals surface area contributed by atoms with Crippen molar-refractivity contribution >= 4 is 30.3 Å². The summed E-state index contributed by atoms with van der Waals surface area (Å²) in [6.07, 6.45) is 1.96. The van der Waals surface area contributed by atoms with Crippen LogP contribution in [0.15, 0.2) is 18.3 Å². The maximum Gasteiger partial charge on any atom is 0.250 e. The summed E-state index contributed by atoms with van der Waals surface area (Å²) in [5, 5.41) is 0. The van der Waals surface area contributed by atoms with Crippen LogP contribution < -0.4 is 10.6 Å². The Morgan fingerprint density at radius 1 is 1.25 bits per heavy atom. The molecule has 0 radical (unpaired) electrons. The van der Waals surface area contributed by atoms with Crippen LogP contribution in [-0.2, 0) is 4.79 Å². The average molecular weight is 294 g/mol. The number of aromatic nitrogens is 1. The van der Waals surface area contributed by atoms with E-state index in [1.54, 1.807) is 12.1 Å². The smallest absolute Gasteiger partial charge is 0.250 e. The third-order valence-corrected chi connectivity index (χ3v) is 3.54. The van der Waals surface area contributed by atoms with Gasteiger partial charge >= 0.3 is 0 Å². The molecule has 108 valence electrons. The molecule has 0 aromatic carbocycles. The lowest BCUT2D eigenvalue weighted by Crippen LogP contribution is -2.49. The van der Waals surface area contributed by atoms with Crippen LogP contribution in [0.25, 0.3) is 0 Å². The summed E-state index contributed by atoms with van der Waals surface area (Å²) in [4.78, 5) is 30.9. The summed E-state index contributed by atoms with van der Waals surface area (Å²) < 4.78 is 0. The normalized spacial score (nSPS) is 15.2. The first-order valence-electron chi connectivity index (χ1n) is 6.51. The van der Waals surface area contributed by atoms with E-state index in [1.807, 2.05) is 4.90 Å². The van der Waals surface area contributed by atoms with Crippen LogP contribution in [0.2, 0.25) is 0 Å². The van der Waals surface area contributed by atoms with E-state index >= 15 is 0 Å². The van der Waals surface area contributed by atoms with Crippen molar-refractivity contribution in [2.24, 2.45) is 5.73 Å². The number of nitrogens with two attached hydrogens (primary N) is 1. The first kappa shape index (κ1) is 14.6. The van der Waals surface area contributed by atoms with Gasteiger partial charge in [0.2, 0.25) is 11.8 Å². The fraction of sp³-hybridized carbons (Fsp3) is 0.462. The van der Waals surface area contributed by atoms with Crippen LogP contribution in [0.3, 0.4) is 0 Å². The molecule has 0 bridgehead atoms. The fourth-order valence-electron chi connectivity index (χ4n) is 2.16. The molecule has 20 heavy (non-hydrogen) atoms. The maximum absolute atomic E-state index is 11.8. The van der Waals surface area contributed by atoms with Gasteiger partial charge in [-0.3, -0.25) is 9.59 Å². The van der Waals surface area contributed by atoms with Gasteiger partial charge in [0.05, 0.1) is 5.56 Å². The number of carbonyl (C=O) groups excluding carboxylic acids is 2. The van der Waals surface area contributed by atoms with E-state index in [4.69, 9.17) is 5.73 Å². The second-order valence-corrected chi connectivity index (χ2v) is 5.06. The molecule has 0 unspecified atom stereocenters. The Morgan fingerprint density at radius 3 is 2.45 bits per heavy atom. The van der Waals surface area contributed by atoms with Gasteiger partial charge in [0.15, 0.2) is 0 Å². The molecule has 2 rings (SSSR count). The third kappa shape index (κ3) is 3.41. The van der Waals surface area contributed by atoms with Crippen LogP contribution in [0.1, 0.15) is 16.8 Å². The van der Waals surface area contributed by atoms with Gasteiger partial charge in [-0.25, -0.2) is 4.98 Å². The highest BCUT2D eigenvalue weighted by Gasteiger charge is 2.21. The van der Waals surface area contributed by atoms with Crippen LogP contribution in [-0.4, -0.2) is 53.6 Å². The van der Waals surface area contributed by atoms with Gasteiger partial charge in [0, 0.05) is 38.8 Å². The van der Waals surface area contributed by atoms with Crippen molar-refractivity contribution in [2.75, 3.05) is 36.8 Å². The van der Waals surface area contributed by atoms with Crippen molar-refractivity contribution in [3.63, 3.8) is 0 Å². The van der Waals surface area contributed by atoms with Crippen molar-refractivity contribution in [3.05, 3.63) is 23.9 Å². The highest BCUT2D eigenvalue weighted by atomic mass is 32.1. The predicted molar refractivity (Wildman–Crippen MR) is 80.0 cm³/mol. The van der Waals surface area contributed by atoms with Crippen LogP contribution in [0.4, 0.5) is 5.82 Å². The molecule has 2 amide bonds. The summed E-state index contributed by atoms with van der Waals surface area (Å²) in [7, 11) is 0. The van der Waals surface area contributed by atoms with Gasteiger partial charge in [0.25, 0.3) is 0 Å². The van der Waals surface area contributed by atoms with Gasteiger partial charge in [-0.2, -0.15) is 12.6 Å². The third-order valence-electron chi connectivity index (χ3n) is 3.31. The standard InChI is InChI=1S/C13H18N4O2S/c14-13(19)10-1-2-11(15-9-10)16-4-6-17(7-5-16)12(18)3-8-20/h1-2,9,20H,3-8H2,(H2,14,19). The molecule has 6 nitrogen and oxygen atoms in total. The Morgan fingerprint density at radius 2 is 1.95 bits per heavy atom. The summed E-state index contributed by atoms with van der Waals surface area (Å²) in [6.45, 7) is 2.85. The molecule has 1 saturated heterocycles. The lowest BCUT2D eigenvalue weighted by molar-refractivity contribution is -0.131. The molecule has 0 saturated carbocycles.